The summed E-state index contributed by atoms with van der Waals surface area (Å²) >= 11 is 0. The molecule has 2 aromatic carbocycles. The van der Waals surface area contributed by atoms with Crippen LogP contribution in [0.25, 0.3) is 22.1 Å². The molecule has 4 nitrogen and oxygen atoms in total. The second-order valence-corrected chi connectivity index (χ2v) is 4.36. The van der Waals surface area contributed by atoms with Gasteiger partial charge in [0.05, 0.1) is 12.7 Å². The summed E-state index contributed by atoms with van der Waals surface area (Å²) in [4.78, 5) is 12.6. The Morgan fingerprint density at radius 1 is 1.10 bits per heavy atom. The van der Waals surface area contributed by atoms with E-state index in [0.29, 0.717) is 27.8 Å². The van der Waals surface area contributed by atoms with Crippen LogP contribution in [-0.4, -0.2) is 12.2 Å². The van der Waals surface area contributed by atoms with E-state index in [2.05, 4.69) is 0 Å². The van der Waals surface area contributed by atoms with Crippen LogP contribution in [0.5, 0.6) is 11.5 Å². The standard InChI is InChI=1S/C16H12O4/c1-19-13-3-2-4-14-15(13)16(18)12(9-20-14)10-5-7-11(17)8-6-10/h2-9,17H,1H3. The number of hydrogen-bond acceptors (Lipinski definition) is 4. The minimum absolute atomic E-state index is 0.150. The van der Waals surface area contributed by atoms with E-state index in [1.54, 1.807) is 30.3 Å². The number of rotatable bonds is 2. The van der Waals surface area contributed by atoms with Crippen LogP contribution < -0.4 is 10.2 Å². The summed E-state index contributed by atoms with van der Waals surface area (Å²) in [6.07, 6.45) is 1.43. The van der Waals surface area contributed by atoms with E-state index >= 15 is 0 Å². The molecule has 0 saturated heterocycles. The predicted octanol–water partition coefficient (Wildman–Crippen LogP) is 3.17. The molecule has 0 unspecified atom stereocenters. The van der Waals surface area contributed by atoms with Crippen molar-refractivity contribution < 1.29 is 14.3 Å². The number of fused-ring (bicyclic) bond motifs is 1. The maximum Gasteiger partial charge on any atom is 0.204 e. The van der Waals surface area contributed by atoms with Crippen molar-refractivity contribution in [3.8, 4) is 22.6 Å². The molecule has 0 aliphatic carbocycles. The van der Waals surface area contributed by atoms with Gasteiger partial charge in [-0.2, -0.15) is 0 Å². The first-order valence-electron chi connectivity index (χ1n) is 6.08. The zero-order valence-electron chi connectivity index (χ0n) is 10.8. The zero-order valence-corrected chi connectivity index (χ0v) is 10.8. The third kappa shape index (κ3) is 1.91. The fraction of sp³-hybridized carbons (Fsp3) is 0.0625. The molecule has 4 heteroatoms. The number of phenols is 1. The molecule has 1 heterocycles. The molecule has 0 aliphatic heterocycles. The minimum Gasteiger partial charge on any atom is -0.508 e. The van der Waals surface area contributed by atoms with Gasteiger partial charge in [0.25, 0.3) is 0 Å². The highest BCUT2D eigenvalue weighted by Crippen LogP contribution is 2.26. The van der Waals surface area contributed by atoms with Crippen molar-refractivity contribution in [1.29, 1.82) is 0 Å². The normalized spacial score (nSPS) is 10.7. The first-order chi connectivity index (χ1) is 9.70. The zero-order chi connectivity index (χ0) is 14.1. The molecule has 3 rings (SSSR count). The Morgan fingerprint density at radius 2 is 1.85 bits per heavy atom. The lowest BCUT2D eigenvalue weighted by atomic mass is 10.1. The van der Waals surface area contributed by atoms with Crippen molar-refractivity contribution in [3.05, 3.63) is 59.0 Å². The Bertz CT molecular complexity index is 816. The second-order valence-electron chi connectivity index (χ2n) is 4.36. The van der Waals surface area contributed by atoms with Crippen LogP contribution in [-0.2, 0) is 0 Å². The van der Waals surface area contributed by atoms with Crippen molar-refractivity contribution in [2.75, 3.05) is 7.11 Å². The summed E-state index contributed by atoms with van der Waals surface area (Å²) < 4.78 is 10.7. The number of phenolic OH excluding ortho intramolecular Hbond substituents is 1. The molecule has 0 amide bonds. The van der Waals surface area contributed by atoms with Crippen molar-refractivity contribution >= 4 is 11.0 Å². The Hall–Kier alpha value is -2.75. The number of benzene rings is 2. The van der Waals surface area contributed by atoms with Gasteiger partial charge in [0, 0.05) is 0 Å². The molecule has 3 aromatic rings. The Labute approximate surface area is 114 Å². The van der Waals surface area contributed by atoms with Crippen LogP contribution in [0.15, 0.2) is 57.9 Å². The largest absolute Gasteiger partial charge is 0.508 e. The number of hydrogen-bond donors (Lipinski definition) is 1. The molecule has 100 valence electrons. The molecule has 0 bridgehead atoms. The van der Waals surface area contributed by atoms with Crippen LogP contribution in [0.1, 0.15) is 0 Å². The van der Waals surface area contributed by atoms with Gasteiger partial charge < -0.3 is 14.3 Å². The molecule has 0 aliphatic rings. The lowest BCUT2D eigenvalue weighted by Gasteiger charge is -2.06. The van der Waals surface area contributed by atoms with Gasteiger partial charge in [0.2, 0.25) is 5.43 Å². The topological polar surface area (TPSA) is 59.7 Å². The summed E-state index contributed by atoms with van der Waals surface area (Å²) in [7, 11) is 1.52. The Morgan fingerprint density at radius 3 is 2.55 bits per heavy atom. The monoisotopic (exact) mass is 268 g/mol. The van der Waals surface area contributed by atoms with E-state index in [0.717, 1.165) is 0 Å². The van der Waals surface area contributed by atoms with Crippen LogP contribution >= 0.6 is 0 Å². The molecule has 0 spiro atoms. The second kappa shape index (κ2) is 4.74. The van der Waals surface area contributed by atoms with Crippen LogP contribution in [0.4, 0.5) is 0 Å². The lowest BCUT2D eigenvalue weighted by Crippen LogP contribution is -2.06. The van der Waals surface area contributed by atoms with Gasteiger partial charge in [-0.05, 0) is 29.8 Å². The summed E-state index contributed by atoms with van der Waals surface area (Å²) in [6.45, 7) is 0. The SMILES string of the molecule is COc1cccc2occ(-c3ccc(O)cc3)c(=O)c12. The summed E-state index contributed by atoms with van der Waals surface area (Å²) in [5.74, 6) is 0.633. The number of ether oxygens (including phenoxy) is 1. The highest BCUT2D eigenvalue weighted by Gasteiger charge is 2.12. The Balaban J connectivity index is 2.31. The third-order valence-electron chi connectivity index (χ3n) is 3.16. The van der Waals surface area contributed by atoms with Gasteiger partial charge in [0.15, 0.2) is 0 Å². The molecule has 0 fully saturated rings. The average molecular weight is 268 g/mol. The smallest absolute Gasteiger partial charge is 0.204 e. The molecular weight excluding hydrogens is 256 g/mol. The van der Waals surface area contributed by atoms with Crippen molar-refractivity contribution in [3.63, 3.8) is 0 Å². The van der Waals surface area contributed by atoms with E-state index in [1.165, 1.54) is 25.5 Å². The first kappa shape index (κ1) is 12.3. The van der Waals surface area contributed by atoms with E-state index < -0.39 is 0 Å². The van der Waals surface area contributed by atoms with Gasteiger partial charge in [0.1, 0.15) is 28.7 Å². The summed E-state index contributed by atoms with van der Waals surface area (Å²) in [6, 6.07) is 11.6. The van der Waals surface area contributed by atoms with Gasteiger partial charge >= 0.3 is 0 Å². The van der Waals surface area contributed by atoms with E-state index in [1.807, 2.05) is 0 Å². The van der Waals surface area contributed by atoms with E-state index in [-0.39, 0.29) is 11.2 Å². The maximum absolute atomic E-state index is 12.6. The molecule has 0 atom stereocenters. The maximum atomic E-state index is 12.6. The fourth-order valence-electron chi connectivity index (χ4n) is 2.15. The van der Waals surface area contributed by atoms with Crippen LogP contribution in [0, 0.1) is 0 Å². The highest BCUT2D eigenvalue weighted by atomic mass is 16.5. The van der Waals surface area contributed by atoms with Crippen molar-refractivity contribution in [1.82, 2.24) is 0 Å². The summed E-state index contributed by atoms with van der Waals surface area (Å²) in [5.41, 5.74) is 1.44. The highest BCUT2D eigenvalue weighted by molar-refractivity contribution is 5.87. The third-order valence-corrected chi connectivity index (χ3v) is 3.16. The number of aromatic hydroxyl groups is 1. The molecule has 0 saturated carbocycles. The molecular formula is C16H12O4. The van der Waals surface area contributed by atoms with Crippen LogP contribution in [0.2, 0.25) is 0 Å². The van der Waals surface area contributed by atoms with Gasteiger partial charge in [-0.3, -0.25) is 4.79 Å². The lowest BCUT2D eigenvalue weighted by molar-refractivity contribution is 0.418. The van der Waals surface area contributed by atoms with Crippen molar-refractivity contribution in [2.24, 2.45) is 0 Å². The van der Waals surface area contributed by atoms with Crippen molar-refractivity contribution in [2.45, 2.75) is 0 Å². The number of methoxy groups -OCH3 is 1. The van der Waals surface area contributed by atoms with Gasteiger partial charge in [-0.25, -0.2) is 0 Å². The molecule has 1 aromatic heterocycles. The van der Waals surface area contributed by atoms with E-state index in [4.69, 9.17) is 9.15 Å². The van der Waals surface area contributed by atoms with E-state index in [9.17, 15) is 9.90 Å². The first-order valence-corrected chi connectivity index (χ1v) is 6.08. The molecule has 20 heavy (non-hydrogen) atoms. The minimum atomic E-state index is -0.158. The fourth-order valence-corrected chi connectivity index (χ4v) is 2.15. The molecule has 1 N–H and O–H groups in total. The predicted molar refractivity (Wildman–Crippen MR) is 76.1 cm³/mol. The van der Waals surface area contributed by atoms with Gasteiger partial charge in [-0.1, -0.05) is 18.2 Å². The van der Waals surface area contributed by atoms with Gasteiger partial charge in [-0.15, -0.1) is 0 Å². The Kier molecular flexibility index (Phi) is 2.91. The summed E-state index contributed by atoms with van der Waals surface area (Å²) in [5, 5.41) is 9.72. The van der Waals surface area contributed by atoms with Crippen LogP contribution in [0.3, 0.4) is 0 Å². The quantitative estimate of drug-likeness (QED) is 0.775. The molecule has 0 radical (unpaired) electrons. The average Bonchev–Trinajstić information content (AvgIpc) is 2.48.